The number of nitrogen functional groups attached to an aromatic ring is 1. The lowest BCUT2D eigenvalue weighted by Crippen LogP contribution is -2.27. The SMILES string of the molecule is C#CC1CC(=O)N(c2nc(N)nn2C)C1. The summed E-state index contributed by atoms with van der Waals surface area (Å²) >= 11 is 0. The highest BCUT2D eigenvalue weighted by atomic mass is 16.2. The molecule has 6 heteroatoms. The van der Waals surface area contributed by atoms with Crippen LogP contribution in [0.3, 0.4) is 0 Å². The Labute approximate surface area is 87.1 Å². The molecule has 0 radical (unpaired) electrons. The monoisotopic (exact) mass is 205 g/mol. The van der Waals surface area contributed by atoms with Crippen molar-refractivity contribution in [2.75, 3.05) is 17.2 Å². The van der Waals surface area contributed by atoms with Gasteiger partial charge in [-0.2, -0.15) is 4.98 Å². The Balaban J connectivity index is 2.29. The van der Waals surface area contributed by atoms with Gasteiger partial charge < -0.3 is 5.73 Å². The Morgan fingerprint density at radius 3 is 2.87 bits per heavy atom. The van der Waals surface area contributed by atoms with E-state index in [4.69, 9.17) is 12.2 Å². The van der Waals surface area contributed by atoms with Crippen molar-refractivity contribution in [3.05, 3.63) is 0 Å². The topological polar surface area (TPSA) is 77.0 Å². The quantitative estimate of drug-likeness (QED) is 0.620. The summed E-state index contributed by atoms with van der Waals surface area (Å²) in [5.74, 6) is 3.10. The minimum Gasteiger partial charge on any atom is -0.366 e. The van der Waals surface area contributed by atoms with Crippen molar-refractivity contribution in [3.8, 4) is 12.3 Å². The summed E-state index contributed by atoms with van der Waals surface area (Å²) in [7, 11) is 1.69. The van der Waals surface area contributed by atoms with Gasteiger partial charge in [-0.1, -0.05) is 0 Å². The first-order valence-corrected chi connectivity index (χ1v) is 4.55. The van der Waals surface area contributed by atoms with Gasteiger partial charge in [0.25, 0.3) is 0 Å². The molecule has 1 fully saturated rings. The molecule has 78 valence electrons. The number of anilines is 2. The summed E-state index contributed by atoms with van der Waals surface area (Å²) in [5.41, 5.74) is 5.44. The van der Waals surface area contributed by atoms with Gasteiger partial charge >= 0.3 is 0 Å². The summed E-state index contributed by atoms with van der Waals surface area (Å²) in [6.45, 7) is 0.487. The second kappa shape index (κ2) is 3.28. The second-order valence-corrected chi connectivity index (χ2v) is 3.47. The summed E-state index contributed by atoms with van der Waals surface area (Å²) < 4.78 is 1.48. The van der Waals surface area contributed by atoms with Crippen LogP contribution in [-0.2, 0) is 11.8 Å². The Hall–Kier alpha value is -2.03. The van der Waals surface area contributed by atoms with E-state index in [-0.39, 0.29) is 17.8 Å². The van der Waals surface area contributed by atoms with Crippen LogP contribution in [0, 0.1) is 18.3 Å². The molecule has 2 rings (SSSR count). The van der Waals surface area contributed by atoms with E-state index < -0.39 is 0 Å². The summed E-state index contributed by atoms with van der Waals surface area (Å²) in [4.78, 5) is 17.1. The number of terminal acetylenes is 1. The van der Waals surface area contributed by atoms with Crippen molar-refractivity contribution in [1.82, 2.24) is 14.8 Å². The molecule has 1 amide bonds. The fourth-order valence-electron chi connectivity index (χ4n) is 1.64. The van der Waals surface area contributed by atoms with Crippen molar-refractivity contribution < 1.29 is 4.79 Å². The third-order valence-corrected chi connectivity index (χ3v) is 2.36. The van der Waals surface area contributed by atoms with E-state index in [1.165, 1.54) is 9.58 Å². The Bertz CT molecular complexity index is 444. The predicted molar refractivity (Wildman–Crippen MR) is 54.7 cm³/mol. The molecule has 0 bridgehead atoms. The Morgan fingerprint density at radius 2 is 2.40 bits per heavy atom. The predicted octanol–water partition coefficient (Wildman–Crippen LogP) is -0.617. The van der Waals surface area contributed by atoms with Gasteiger partial charge in [0.15, 0.2) is 0 Å². The molecule has 1 aromatic heterocycles. The van der Waals surface area contributed by atoms with Crippen LogP contribution in [0.2, 0.25) is 0 Å². The van der Waals surface area contributed by atoms with Gasteiger partial charge in [-0.25, -0.2) is 4.68 Å². The molecule has 0 aromatic carbocycles. The highest BCUT2D eigenvalue weighted by Gasteiger charge is 2.32. The van der Waals surface area contributed by atoms with Crippen LogP contribution in [0.25, 0.3) is 0 Å². The van der Waals surface area contributed by atoms with E-state index in [1.54, 1.807) is 7.05 Å². The normalized spacial score (nSPS) is 20.7. The zero-order chi connectivity index (χ0) is 11.0. The maximum Gasteiger partial charge on any atom is 0.241 e. The van der Waals surface area contributed by atoms with Crippen LogP contribution >= 0.6 is 0 Å². The lowest BCUT2D eigenvalue weighted by molar-refractivity contribution is -0.117. The first-order chi connectivity index (χ1) is 7.11. The maximum atomic E-state index is 11.6. The van der Waals surface area contributed by atoms with Gasteiger partial charge in [-0.3, -0.25) is 9.69 Å². The molecular weight excluding hydrogens is 194 g/mol. The van der Waals surface area contributed by atoms with Crippen LogP contribution in [0.5, 0.6) is 0 Å². The van der Waals surface area contributed by atoms with E-state index in [2.05, 4.69) is 16.0 Å². The Kier molecular flexibility index (Phi) is 2.08. The number of aromatic nitrogens is 3. The molecule has 1 aliphatic rings. The average Bonchev–Trinajstić information content (AvgIpc) is 2.69. The lowest BCUT2D eigenvalue weighted by atomic mass is 10.1. The van der Waals surface area contributed by atoms with Crippen molar-refractivity contribution in [2.45, 2.75) is 6.42 Å². The van der Waals surface area contributed by atoms with E-state index in [0.717, 1.165) is 0 Å². The largest absolute Gasteiger partial charge is 0.366 e. The van der Waals surface area contributed by atoms with Crippen LogP contribution in [0.15, 0.2) is 0 Å². The molecule has 1 aromatic rings. The first-order valence-electron chi connectivity index (χ1n) is 4.55. The summed E-state index contributed by atoms with van der Waals surface area (Å²) in [5, 5.41) is 3.88. The minimum absolute atomic E-state index is 0.0338. The lowest BCUT2D eigenvalue weighted by Gasteiger charge is -2.12. The number of nitrogens with two attached hydrogens (primary N) is 1. The number of nitrogens with zero attached hydrogens (tertiary/aromatic N) is 4. The van der Waals surface area contributed by atoms with Gasteiger partial charge in [0.1, 0.15) is 0 Å². The van der Waals surface area contributed by atoms with E-state index >= 15 is 0 Å². The number of aryl methyl sites for hydroxylation is 1. The molecule has 2 N–H and O–H groups in total. The molecule has 0 aliphatic carbocycles. The number of carbonyl (C=O) groups excluding carboxylic acids is 1. The third-order valence-electron chi connectivity index (χ3n) is 2.36. The molecule has 1 saturated heterocycles. The van der Waals surface area contributed by atoms with Crippen LogP contribution in [-0.4, -0.2) is 27.2 Å². The molecule has 2 heterocycles. The number of amides is 1. The molecule has 0 spiro atoms. The molecule has 15 heavy (non-hydrogen) atoms. The van der Waals surface area contributed by atoms with E-state index in [1.807, 2.05) is 0 Å². The zero-order valence-electron chi connectivity index (χ0n) is 8.34. The standard InChI is InChI=1S/C9H11N5O/c1-3-6-4-7(15)14(5-6)9-11-8(10)12-13(9)2/h1,6H,4-5H2,2H3,(H2,10,12). The first kappa shape index (κ1) is 9.52. The van der Waals surface area contributed by atoms with Crippen LogP contribution < -0.4 is 10.6 Å². The second-order valence-electron chi connectivity index (χ2n) is 3.47. The van der Waals surface area contributed by atoms with Crippen molar-refractivity contribution >= 4 is 17.8 Å². The van der Waals surface area contributed by atoms with Crippen molar-refractivity contribution in [2.24, 2.45) is 13.0 Å². The molecule has 1 unspecified atom stereocenters. The van der Waals surface area contributed by atoms with Gasteiger partial charge in [-0.15, -0.1) is 17.4 Å². The van der Waals surface area contributed by atoms with E-state index in [9.17, 15) is 4.79 Å². The highest BCUT2D eigenvalue weighted by molar-refractivity contribution is 5.94. The fraction of sp³-hybridized carbons (Fsp3) is 0.444. The Morgan fingerprint density at radius 1 is 1.67 bits per heavy atom. The van der Waals surface area contributed by atoms with Crippen molar-refractivity contribution in [1.29, 1.82) is 0 Å². The highest BCUT2D eigenvalue weighted by Crippen LogP contribution is 2.22. The average molecular weight is 205 g/mol. The number of hydrogen-bond donors (Lipinski definition) is 1. The summed E-state index contributed by atoms with van der Waals surface area (Å²) in [6, 6.07) is 0. The molecule has 1 atom stereocenters. The molecule has 1 aliphatic heterocycles. The zero-order valence-corrected chi connectivity index (χ0v) is 8.34. The van der Waals surface area contributed by atoms with Gasteiger partial charge in [-0.05, 0) is 0 Å². The molecule has 0 saturated carbocycles. The van der Waals surface area contributed by atoms with Gasteiger partial charge in [0.2, 0.25) is 17.8 Å². The number of hydrogen-bond acceptors (Lipinski definition) is 4. The van der Waals surface area contributed by atoms with Gasteiger partial charge in [0, 0.05) is 25.9 Å². The summed E-state index contributed by atoms with van der Waals surface area (Å²) in [6.07, 6.45) is 5.65. The minimum atomic E-state index is -0.0459. The van der Waals surface area contributed by atoms with Crippen molar-refractivity contribution in [3.63, 3.8) is 0 Å². The maximum absolute atomic E-state index is 11.6. The van der Waals surface area contributed by atoms with E-state index in [0.29, 0.717) is 18.9 Å². The van der Waals surface area contributed by atoms with Crippen LogP contribution in [0.4, 0.5) is 11.9 Å². The van der Waals surface area contributed by atoms with Crippen LogP contribution in [0.1, 0.15) is 6.42 Å². The van der Waals surface area contributed by atoms with Gasteiger partial charge in [0.05, 0.1) is 0 Å². The fourth-order valence-corrected chi connectivity index (χ4v) is 1.64. The smallest absolute Gasteiger partial charge is 0.241 e. The number of rotatable bonds is 1. The number of carbonyl (C=O) groups is 1. The molecular formula is C9H11N5O. The third kappa shape index (κ3) is 1.52. The molecule has 6 nitrogen and oxygen atoms in total.